The van der Waals surface area contributed by atoms with Gasteiger partial charge in [0.2, 0.25) is 10.0 Å². The molecule has 1 heterocycles. The van der Waals surface area contributed by atoms with Gasteiger partial charge >= 0.3 is 11.9 Å². The standard InChI is InChI=1S/C11H19NO6S/c1-3-17-10(13)8-19(15,16)12-7-5-6-9(12)11(14)18-4-2/h9H,3-8H2,1-2H3. The lowest BCUT2D eigenvalue weighted by Gasteiger charge is -2.21. The molecule has 0 amide bonds. The lowest BCUT2D eigenvalue weighted by molar-refractivity contribution is -0.147. The maximum Gasteiger partial charge on any atom is 0.324 e. The van der Waals surface area contributed by atoms with Crippen LogP contribution in [-0.2, 0) is 29.1 Å². The van der Waals surface area contributed by atoms with Crippen molar-refractivity contribution in [3.8, 4) is 0 Å². The third-order valence-corrected chi connectivity index (χ3v) is 4.48. The second kappa shape index (κ2) is 6.85. The summed E-state index contributed by atoms with van der Waals surface area (Å²) in [7, 11) is -3.84. The van der Waals surface area contributed by atoms with Crippen molar-refractivity contribution in [1.29, 1.82) is 0 Å². The zero-order valence-corrected chi connectivity index (χ0v) is 11.9. The van der Waals surface area contributed by atoms with Crippen LogP contribution < -0.4 is 0 Å². The van der Waals surface area contributed by atoms with Crippen molar-refractivity contribution < 1.29 is 27.5 Å². The third kappa shape index (κ3) is 4.17. The van der Waals surface area contributed by atoms with Gasteiger partial charge in [0.1, 0.15) is 6.04 Å². The summed E-state index contributed by atoms with van der Waals surface area (Å²) in [4.78, 5) is 22.9. The molecule has 1 aliphatic heterocycles. The summed E-state index contributed by atoms with van der Waals surface area (Å²) in [6, 6.07) is -0.820. The van der Waals surface area contributed by atoms with Crippen LogP contribution in [0.15, 0.2) is 0 Å². The molecule has 1 unspecified atom stereocenters. The van der Waals surface area contributed by atoms with Gasteiger partial charge in [0.15, 0.2) is 5.75 Å². The lowest BCUT2D eigenvalue weighted by atomic mass is 10.2. The van der Waals surface area contributed by atoms with Crippen molar-refractivity contribution in [2.45, 2.75) is 32.7 Å². The minimum absolute atomic E-state index is 0.121. The van der Waals surface area contributed by atoms with Crippen LogP contribution in [-0.4, -0.2) is 56.2 Å². The fourth-order valence-corrected chi connectivity index (χ4v) is 3.52. The van der Waals surface area contributed by atoms with Crippen LogP contribution in [0.1, 0.15) is 26.7 Å². The average Bonchev–Trinajstić information content (AvgIpc) is 2.78. The van der Waals surface area contributed by atoms with Crippen molar-refractivity contribution in [2.75, 3.05) is 25.5 Å². The van der Waals surface area contributed by atoms with Gasteiger partial charge < -0.3 is 9.47 Å². The molecule has 110 valence electrons. The van der Waals surface area contributed by atoms with Gasteiger partial charge in [-0.05, 0) is 26.7 Å². The molecule has 0 bridgehead atoms. The molecule has 7 nitrogen and oxygen atoms in total. The first-order chi connectivity index (χ1) is 8.92. The van der Waals surface area contributed by atoms with E-state index in [-0.39, 0.29) is 19.8 Å². The molecule has 0 spiro atoms. The van der Waals surface area contributed by atoms with Crippen molar-refractivity contribution in [3.05, 3.63) is 0 Å². The Balaban J connectivity index is 2.76. The van der Waals surface area contributed by atoms with E-state index in [4.69, 9.17) is 4.74 Å². The van der Waals surface area contributed by atoms with Crippen LogP contribution >= 0.6 is 0 Å². The minimum atomic E-state index is -3.84. The predicted molar refractivity (Wildman–Crippen MR) is 66.8 cm³/mol. The van der Waals surface area contributed by atoms with Crippen LogP contribution in [0, 0.1) is 0 Å². The number of hydrogen-bond acceptors (Lipinski definition) is 6. The van der Waals surface area contributed by atoms with Crippen LogP contribution in [0.25, 0.3) is 0 Å². The van der Waals surface area contributed by atoms with Crippen molar-refractivity contribution in [3.63, 3.8) is 0 Å². The molecule has 0 aromatic carbocycles. The van der Waals surface area contributed by atoms with Crippen LogP contribution in [0.2, 0.25) is 0 Å². The van der Waals surface area contributed by atoms with E-state index in [1.54, 1.807) is 13.8 Å². The summed E-state index contributed by atoms with van der Waals surface area (Å²) in [5.41, 5.74) is 0. The first-order valence-corrected chi connectivity index (χ1v) is 7.85. The summed E-state index contributed by atoms with van der Waals surface area (Å²) in [6.45, 7) is 3.80. The second-order valence-corrected chi connectivity index (χ2v) is 6.00. The quantitative estimate of drug-likeness (QED) is 0.636. The lowest BCUT2D eigenvalue weighted by Crippen LogP contribution is -2.43. The van der Waals surface area contributed by atoms with Crippen molar-refractivity contribution >= 4 is 22.0 Å². The molecule has 1 aliphatic rings. The van der Waals surface area contributed by atoms with Crippen molar-refractivity contribution in [1.82, 2.24) is 4.31 Å². The zero-order chi connectivity index (χ0) is 14.5. The fourth-order valence-electron chi connectivity index (χ4n) is 1.98. The summed E-state index contributed by atoms with van der Waals surface area (Å²) < 4.78 is 34.6. The normalized spacial score (nSPS) is 20.2. The number of carbonyl (C=O) groups is 2. The molecule has 1 saturated heterocycles. The van der Waals surface area contributed by atoms with Gasteiger partial charge in [0, 0.05) is 6.54 Å². The van der Waals surface area contributed by atoms with Gasteiger partial charge in [-0.3, -0.25) is 9.59 Å². The van der Waals surface area contributed by atoms with Crippen LogP contribution in [0.4, 0.5) is 0 Å². The molecular weight excluding hydrogens is 274 g/mol. The molecular formula is C11H19NO6S. The monoisotopic (exact) mass is 293 g/mol. The van der Waals surface area contributed by atoms with E-state index >= 15 is 0 Å². The number of esters is 2. The van der Waals surface area contributed by atoms with E-state index in [0.29, 0.717) is 12.8 Å². The highest BCUT2D eigenvalue weighted by molar-refractivity contribution is 7.89. The molecule has 0 radical (unpaired) electrons. The van der Waals surface area contributed by atoms with Gasteiger partial charge in [0.05, 0.1) is 13.2 Å². The number of nitrogens with zero attached hydrogens (tertiary/aromatic N) is 1. The molecule has 1 fully saturated rings. The van der Waals surface area contributed by atoms with E-state index in [1.807, 2.05) is 0 Å². The van der Waals surface area contributed by atoms with Gasteiger partial charge in [-0.1, -0.05) is 0 Å². The van der Waals surface area contributed by atoms with E-state index in [2.05, 4.69) is 4.74 Å². The van der Waals surface area contributed by atoms with E-state index in [9.17, 15) is 18.0 Å². The predicted octanol–water partition coefficient (Wildman–Crippen LogP) is -0.0932. The fraction of sp³-hybridized carbons (Fsp3) is 0.818. The smallest absolute Gasteiger partial charge is 0.324 e. The Hall–Kier alpha value is -1.15. The van der Waals surface area contributed by atoms with E-state index in [1.165, 1.54) is 0 Å². The molecule has 0 aromatic rings. The summed E-state index contributed by atoms with van der Waals surface area (Å²) >= 11 is 0. The SMILES string of the molecule is CCOC(=O)CS(=O)(=O)N1CCCC1C(=O)OCC. The van der Waals surface area contributed by atoms with Gasteiger partial charge in [-0.25, -0.2) is 8.42 Å². The minimum Gasteiger partial charge on any atom is -0.465 e. The Morgan fingerprint density at radius 3 is 2.42 bits per heavy atom. The zero-order valence-electron chi connectivity index (χ0n) is 11.1. The Morgan fingerprint density at radius 1 is 1.21 bits per heavy atom. The topological polar surface area (TPSA) is 90.0 Å². The number of carbonyl (C=O) groups excluding carboxylic acids is 2. The Bertz CT molecular complexity index is 432. The summed E-state index contributed by atoms with van der Waals surface area (Å²) in [5.74, 6) is -2.11. The molecule has 0 aromatic heterocycles. The number of sulfonamides is 1. The molecule has 1 atom stereocenters. The molecule has 0 N–H and O–H groups in total. The first-order valence-electron chi connectivity index (χ1n) is 6.24. The molecule has 8 heteroatoms. The molecule has 1 rings (SSSR count). The molecule has 0 aliphatic carbocycles. The number of ether oxygens (including phenoxy) is 2. The highest BCUT2D eigenvalue weighted by Gasteiger charge is 2.40. The van der Waals surface area contributed by atoms with E-state index < -0.39 is 33.8 Å². The Morgan fingerprint density at radius 2 is 1.84 bits per heavy atom. The summed E-state index contributed by atoms with van der Waals surface area (Å²) in [5, 5.41) is 0. The Labute approximate surface area is 112 Å². The maximum atomic E-state index is 12.1. The van der Waals surface area contributed by atoms with Crippen molar-refractivity contribution in [2.24, 2.45) is 0 Å². The number of rotatable bonds is 6. The van der Waals surface area contributed by atoms with Gasteiger partial charge in [-0.15, -0.1) is 0 Å². The first kappa shape index (κ1) is 15.9. The van der Waals surface area contributed by atoms with Gasteiger partial charge in [-0.2, -0.15) is 4.31 Å². The maximum absolute atomic E-state index is 12.1. The molecule has 19 heavy (non-hydrogen) atoms. The van der Waals surface area contributed by atoms with Gasteiger partial charge in [0.25, 0.3) is 0 Å². The average molecular weight is 293 g/mol. The summed E-state index contributed by atoms with van der Waals surface area (Å²) in [6.07, 6.45) is 0.992. The highest BCUT2D eigenvalue weighted by atomic mass is 32.2. The van der Waals surface area contributed by atoms with E-state index in [0.717, 1.165) is 4.31 Å². The third-order valence-electron chi connectivity index (χ3n) is 2.73. The highest BCUT2D eigenvalue weighted by Crippen LogP contribution is 2.22. The second-order valence-electron chi connectivity index (χ2n) is 4.08. The largest absolute Gasteiger partial charge is 0.465 e. The Kier molecular flexibility index (Phi) is 5.74. The van der Waals surface area contributed by atoms with Crippen LogP contribution in [0.5, 0.6) is 0 Å². The van der Waals surface area contributed by atoms with Crippen LogP contribution in [0.3, 0.4) is 0 Å². The molecule has 0 saturated carbocycles. The number of hydrogen-bond donors (Lipinski definition) is 0.